The van der Waals surface area contributed by atoms with Crippen LogP contribution in [0.1, 0.15) is 33.1 Å². The Morgan fingerprint density at radius 3 is 2.68 bits per heavy atom. The second kappa shape index (κ2) is 7.03. The van der Waals surface area contributed by atoms with Gasteiger partial charge in [0.25, 0.3) is 0 Å². The zero-order valence-corrected chi connectivity index (χ0v) is 11.6. The van der Waals surface area contributed by atoms with Crippen LogP contribution in [0.2, 0.25) is 0 Å². The lowest BCUT2D eigenvalue weighted by molar-refractivity contribution is -0.137. The van der Waals surface area contributed by atoms with Gasteiger partial charge < -0.3 is 15.3 Å². The average molecular weight is 266 g/mol. The Hall–Kier alpha value is -1.70. The number of carbonyl (C=O) groups excluding carboxylic acids is 1. The van der Waals surface area contributed by atoms with Crippen LogP contribution in [-0.2, 0) is 4.79 Å². The molecule has 2 amide bonds. The smallest absolute Gasteiger partial charge is 0.323 e. The second-order valence-corrected chi connectivity index (χ2v) is 5.28. The molecular formula is C14H22N2O3. The van der Waals surface area contributed by atoms with Crippen LogP contribution in [0.25, 0.3) is 0 Å². The van der Waals surface area contributed by atoms with Gasteiger partial charge in [-0.05, 0) is 18.3 Å². The number of rotatable bonds is 4. The molecule has 0 aromatic rings. The van der Waals surface area contributed by atoms with E-state index in [1.807, 2.05) is 0 Å². The average Bonchev–Trinajstić information content (AvgIpc) is 2.34. The summed E-state index contributed by atoms with van der Waals surface area (Å²) in [7, 11) is 0. The van der Waals surface area contributed by atoms with Gasteiger partial charge in [0.1, 0.15) is 6.54 Å². The quantitative estimate of drug-likeness (QED) is 0.758. The lowest BCUT2D eigenvalue weighted by Crippen LogP contribution is -2.50. The first-order valence-electron chi connectivity index (χ1n) is 6.66. The molecule has 0 aromatic heterocycles. The van der Waals surface area contributed by atoms with E-state index in [2.05, 4.69) is 25.1 Å². The number of terminal acetylenes is 1. The molecule has 1 fully saturated rings. The molecular weight excluding hydrogens is 244 g/mol. The first-order chi connectivity index (χ1) is 8.95. The molecule has 19 heavy (non-hydrogen) atoms. The van der Waals surface area contributed by atoms with Crippen LogP contribution in [-0.4, -0.2) is 41.1 Å². The Morgan fingerprint density at radius 2 is 2.11 bits per heavy atom. The highest BCUT2D eigenvalue weighted by Gasteiger charge is 2.29. The van der Waals surface area contributed by atoms with Gasteiger partial charge in [0.05, 0.1) is 6.54 Å². The van der Waals surface area contributed by atoms with Crippen molar-refractivity contribution >= 4 is 12.0 Å². The summed E-state index contributed by atoms with van der Waals surface area (Å²) in [6.45, 7) is 3.94. The molecule has 0 heterocycles. The van der Waals surface area contributed by atoms with Crippen LogP contribution in [0.3, 0.4) is 0 Å². The zero-order chi connectivity index (χ0) is 14.4. The molecule has 0 saturated heterocycles. The normalized spacial score (nSPS) is 26.3. The Labute approximate surface area is 114 Å². The molecule has 106 valence electrons. The number of nitrogens with one attached hydrogen (secondary N) is 1. The first-order valence-corrected chi connectivity index (χ1v) is 6.66. The van der Waals surface area contributed by atoms with E-state index < -0.39 is 5.97 Å². The van der Waals surface area contributed by atoms with Gasteiger partial charge >= 0.3 is 12.0 Å². The van der Waals surface area contributed by atoms with Gasteiger partial charge in [0.2, 0.25) is 0 Å². The Morgan fingerprint density at radius 1 is 1.42 bits per heavy atom. The largest absolute Gasteiger partial charge is 0.480 e. The van der Waals surface area contributed by atoms with Crippen molar-refractivity contribution in [3.05, 3.63) is 0 Å². The standard InChI is InChI=1S/C14H22N2O3/c1-4-8-16(9-13(17)18)14(19)15-12-7-5-6-10(2)11(12)3/h1,10-12H,5-9H2,2-3H3,(H,15,19)(H,17,18). The molecule has 0 radical (unpaired) electrons. The van der Waals surface area contributed by atoms with Crippen molar-refractivity contribution in [1.82, 2.24) is 10.2 Å². The fourth-order valence-corrected chi connectivity index (χ4v) is 2.51. The monoisotopic (exact) mass is 266 g/mol. The number of carboxylic acid groups (broad SMARTS) is 1. The van der Waals surface area contributed by atoms with Crippen molar-refractivity contribution in [2.24, 2.45) is 11.8 Å². The molecule has 0 aromatic carbocycles. The van der Waals surface area contributed by atoms with E-state index in [1.54, 1.807) is 0 Å². The number of hydrogen-bond donors (Lipinski definition) is 2. The van der Waals surface area contributed by atoms with E-state index in [0.29, 0.717) is 11.8 Å². The van der Waals surface area contributed by atoms with E-state index in [-0.39, 0.29) is 25.2 Å². The summed E-state index contributed by atoms with van der Waals surface area (Å²) in [4.78, 5) is 23.9. The number of amides is 2. The number of carboxylic acids is 1. The van der Waals surface area contributed by atoms with Crippen molar-refractivity contribution in [2.45, 2.75) is 39.2 Å². The van der Waals surface area contributed by atoms with Crippen LogP contribution in [0.15, 0.2) is 0 Å². The summed E-state index contributed by atoms with van der Waals surface area (Å²) in [6.07, 6.45) is 8.36. The molecule has 0 aliphatic heterocycles. The van der Waals surface area contributed by atoms with Crippen molar-refractivity contribution < 1.29 is 14.7 Å². The van der Waals surface area contributed by atoms with Gasteiger partial charge in [-0.25, -0.2) is 4.79 Å². The summed E-state index contributed by atoms with van der Waals surface area (Å²) in [5.74, 6) is 2.22. The maximum Gasteiger partial charge on any atom is 0.323 e. The number of urea groups is 1. The molecule has 3 unspecified atom stereocenters. The van der Waals surface area contributed by atoms with Gasteiger partial charge in [0, 0.05) is 6.04 Å². The topological polar surface area (TPSA) is 69.6 Å². The summed E-state index contributed by atoms with van der Waals surface area (Å²) >= 11 is 0. The van der Waals surface area contributed by atoms with Crippen molar-refractivity contribution in [3.63, 3.8) is 0 Å². The third-order valence-corrected chi connectivity index (χ3v) is 3.91. The highest BCUT2D eigenvalue weighted by atomic mass is 16.4. The minimum Gasteiger partial charge on any atom is -0.480 e. The third kappa shape index (κ3) is 4.47. The van der Waals surface area contributed by atoms with E-state index in [0.717, 1.165) is 17.7 Å². The van der Waals surface area contributed by atoms with Crippen LogP contribution >= 0.6 is 0 Å². The zero-order valence-electron chi connectivity index (χ0n) is 11.6. The fourth-order valence-electron chi connectivity index (χ4n) is 2.51. The van der Waals surface area contributed by atoms with Gasteiger partial charge in [-0.3, -0.25) is 4.79 Å². The van der Waals surface area contributed by atoms with Crippen molar-refractivity contribution in [3.8, 4) is 12.3 Å². The van der Waals surface area contributed by atoms with Crippen LogP contribution in [0, 0.1) is 24.2 Å². The number of hydrogen-bond acceptors (Lipinski definition) is 2. The van der Waals surface area contributed by atoms with E-state index in [1.165, 1.54) is 6.42 Å². The Bertz CT molecular complexity index is 375. The van der Waals surface area contributed by atoms with E-state index >= 15 is 0 Å². The number of carbonyl (C=O) groups is 2. The molecule has 3 atom stereocenters. The number of nitrogens with zero attached hydrogens (tertiary/aromatic N) is 1. The lowest BCUT2D eigenvalue weighted by atomic mass is 9.78. The maximum absolute atomic E-state index is 12.0. The third-order valence-electron chi connectivity index (χ3n) is 3.91. The molecule has 1 aliphatic rings. The van der Waals surface area contributed by atoms with E-state index in [9.17, 15) is 9.59 Å². The highest BCUT2D eigenvalue weighted by Crippen LogP contribution is 2.29. The Kier molecular flexibility index (Phi) is 5.68. The SMILES string of the molecule is C#CCN(CC(=O)O)C(=O)NC1CCCC(C)C1C. The summed E-state index contributed by atoms with van der Waals surface area (Å²) in [5, 5.41) is 11.7. The predicted molar refractivity (Wildman–Crippen MR) is 72.5 cm³/mol. The maximum atomic E-state index is 12.0. The molecule has 2 N–H and O–H groups in total. The second-order valence-electron chi connectivity index (χ2n) is 5.28. The van der Waals surface area contributed by atoms with Gasteiger partial charge in [-0.2, -0.15) is 0 Å². The molecule has 1 rings (SSSR count). The Balaban J connectivity index is 2.60. The predicted octanol–water partition coefficient (Wildman–Crippen LogP) is 1.54. The van der Waals surface area contributed by atoms with Crippen LogP contribution in [0.4, 0.5) is 4.79 Å². The molecule has 0 spiro atoms. The van der Waals surface area contributed by atoms with Gasteiger partial charge in [-0.1, -0.05) is 32.6 Å². The van der Waals surface area contributed by atoms with Crippen LogP contribution < -0.4 is 5.32 Å². The van der Waals surface area contributed by atoms with Gasteiger partial charge in [0.15, 0.2) is 0 Å². The lowest BCUT2D eigenvalue weighted by Gasteiger charge is -2.35. The summed E-state index contributed by atoms with van der Waals surface area (Å²) in [6, 6.07) is -0.281. The van der Waals surface area contributed by atoms with Crippen LogP contribution in [0.5, 0.6) is 0 Å². The molecule has 5 nitrogen and oxygen atoms in total. The summed E-state index contributed by atoms with van der Waals surface area (Å²) < 4.78 is 0. The van der Waals surface area contributed by atoms with Crippen molar-refractivity contribution in [1.29, 1.82) is 0 Å². The molecule has 0 bridgehead atoms. The highest BCUT2D eigenvalue weighted by molar-refractivity contribution is 5.80. The fraction of sp³-hybridized carbons (Fsp3) is 0.714. The molecule has 5 heteroatoms. The van der Waals surface area contributed by atoms with Gasteiger partial charge in [-0.15, -0.1) is 6.42 Å². The van der Waals surface area contributed by atoms with Crippen molar-refractivity contribution in [2.75, 3.05) is 13.1 Å². The molecule has 1 saturated carbocycles. The first kappa shape index (κ1) is 15.4. The van der Waals surface area contributed by atoms with E-state index in [4.69, 9.17) is 11.5 Å². The minimum absolute atomic E-state index is 0.00872. The molecule has 1 aliphatic carbocycles. The summed E-state index contributed by atoms with van der Waals surface area (Å²) in [5.41, 5.74) is 0. The minimum atomic E-state index is -1.06. The number of aliphatic carboxylic acids is 1.